The second kappa shape index (κ2) is 7.71. The molecule has 0 aliphatic carbocycles. The number of aromatic nitrogens is 1. The zero-order valence-electron chi connectivity index (χ0n) is 15.0. The van der Waals surface area contributed by atoms with Crippen molar-refractivity contribution >= 4 is 23.3 Å². The molecular weight excluding hydrogens is 353 g/mol. The fraction of sp³-hybridized carbons (Fsp3) is 0.316. The molecule has 1 saturated heterocycles. The topological polar surface area (TPSA) is 89.4 Å². The summed E-state index contributed by atoms with van der Waals surface area (Å²) < 4.78 is 20.0. The maximum absolute atomic E-state index is 13.3. The van der Waals surface area contributed by atoms with Crippen LogP contribution in [0.3, 0.4) is 0 Å². The van der Waals surface area contributed by atoms with Gasteiger partial charge in [-0.1, -0.05) is 0 Å². The quantitative estimate of drug-likeness (QED) is 0.618. The van der Waals surface area contributed by atoms with Gasteiger partial charge in [0.25, 0.3) is 17.6 Å². The summed E-state index contributed by atoms with van der Waals surface area (Å²) >= 11 is 0. The Kier molecular flexibility index (Phi) is 5.36. The van der Waals surface area contributed by atoms with Crippen LogP contribution in [0.2, 0.25) is 0 Å². The van der Waals surface area contributed by atoms with Gasteiger partial charge in [0, 0.05) is 31.1 Å². The third-order valence-electron chi connectivity index (χ3n) is 4.39. The van der Waals surface area contributed by atoms with Gasteiger partial charge in [-0.3, -0.25) is 14.4 Å². The van der Waals surface area contributed by atoms with E-state index in [4.69, 9.17) is 4.74 Å². The number of rotatable bonds is 5. The van der Waals surface area contributed by atoms with Gasteiger partial charge in [-0.2, -0.15) is 0 Å². The smallest absolute Gasteiger partial charge is 0.292 e. The van der Waals surface area contributed by atoms with Crippen LogP contribution in [0.15, 0.2) is 30.5 Å². The number of ketones is 1. The number of hydrogen-bond acceptors (Lipinski definition) is 4. The lowest BCUT2D eigenvalue weighted by Gasteiger charge is -2.08. The number of amides is 2. The SMILES string of the molecule is Cc1cc(NC(=O)c2cc(C(=O)C(=O)N[C@H]3CCOC3)cn2C)ccc1F. The largest absolute Gasteiger partial charge is 0.379 e. The molecule has 2 amide bonds. The number of nitrogens with zero attached hydrogens (tertiary/aromatic N) is 1. The van der Waals surface area contributed by atoms with Crippen molar-refractivity contribution in [3.05, 3.63) is 53.1 Å². The van der Waals surface area contributed by atoms with E-state index in [1.165, 1.54) is 35.0 Å². The molecule has 2 heterocycles. The molecule has 1 atom stereocenters. The molecule has 1 aliphatic rings. The van der Waals surface area contributed by atoms with E-state index < -0.39 is 17.6 Å². The molecule has 1 fully saturated rings. The molecule has 0 bridgehead atoms. The predicted octanol–water partition coefficient (Wildman–Crippen LogP) is 1.81. The van der Waals surface area contributed by atoms with Crippen molar-refractivity contribution in [2.24, 2.45) is 7.05 Å². The van der Waals surface area contributed by atoms with Crippen molar-refractivity contribution in [3.8, 4) is 0 Å². The van der Waals surface area contributed by atoms with Gasteiger partial charge in [0.15, 0.2) is 0 Å². The monoisotopic (exact) mass is 373 g/mol. The first-order valence-corrected chi connectivity index (χ1v) is 8.52. The molecule has 8 heteroatoms. The summed E-state index contributed by atoms with van der Waals surface area (Å²) in [6.07, 6.45) is 2.09. The number of anilines is 1. The van der Waals surface area contributed by atoms with Gasteiger partial charge >= 0.3 is 0 Å². The number of hydrogen-bond donors (Lipinski definition) is 2. The van der Waals surface area contributed by atoms with E-state index in [2.05, 4.69) is 10.6 Å². The van der Waals surface area contributed by atoms with Gasteiger partial charge in [-0.25, -0.2) is 4.39 Å². The van der Waals surface area contributed by atoms with Crippen LogP contribution in [0.1, 0.15) is 32.8 Å². The predicted molar refractivity (Wildman–Crippen MR) is 96.2 cm³/mol. The fourth-order valence-corrected chi connectivity index (χ4v) is 2.86. The van der Waals surface area contributed by atoms with E-state index in [1.807, 2.05) is 0 Å². The van der Waals surface area contributed by atoms with Crippen molar-refractivity contribution in [1.82, 2.24) is 9.88 Å². The Morgan fingerprint density at radius 1 is 1.26 bits per heavy atom. The summed E-state index contributed by atoms with van der Waals surface area (Å²) in [6.45, 7) is 2.54. The molecule has 3 rings (SSSR count). The summed E-state index contributed by atoms with van der Waals surface area (Å²) in [5, 5.41) is 5.28. The Morgan fingerprint density at radius 3 is 2.70 bits per heavy atom. The average Bonchev–Trinajstić information content (AvgIpc) is 3.27. The maximum Gasteiger partial charge on any atom is 0.292 e. The highest BCUT2D eigenvalue weighted by atomic mass is 19.1. The first-order valence-electron chi connectivity index (χ1n) is 8.52. The number of carbonyl (C=O) groups excluding carboxylic acids is 3. The Hall–Kier alpha value is -3.00. The maximum atomic E-state index is 13.3. The van der Waals surface area contributed by atoms with Gasteiger partial charge in [0.2, 0.25) is 0 Å². The number of nitrogens with one attached hydrogen (secondary N) is 2. The summed E-state index contributed by atoms with van der Waals surface area (Å²) in [5.41, 5.74) is 1.17. The third-order valence-corrected chi connectivity index (χ3v) is 4.39. The Bertz CT molecular complexity index is 900. The molecule has 1 aliphatic heterocycles. The van der Waals surface area contributed by atoms with Crippen LogP contribution in [-0.4, -0.2) is 41.4 Å². The van der Waals surface area contributed by atoms with E-state index in [0.717, 1.165) is 0 Å². The lowest BCUT2D eigenvalue weighted by Crippen LogP contribution is -2.39. The zero-order valence-corrected chi connectivity index (χ0v) is 15.0. The third kappa shape index (κ3) is 4.22. The molecule has 1 aromatic carbocycles. The lowest BCUT2D eigenvalue weighted by atomic mass is 10.1. The molecule has 0 spiro atoms. The molecule has 27 heavy (non-hydrogen) atoms. The highest BCUT2D eigenvalue weighted by molar-refractivity contribution is 6.43. The van der Waals surface area contributed by atoms with E-state index in [-0.39, 0.29) is 23.1 Å². The Morgan fingerprint density at radius 2 is 2.04 bits per heavy atom. The van der Waals surface area contributed by atoms with E-state index in [1.54, 1.807) is 14.0 Å². The zero-order chi connectivity index (χ0) is 19.6. The molecule has 7 nitrogen and oxygen atoms in total. The van der Waals surface area contributed by atoms with Crippen molar-refractivity contribution in [3.63, 3.8) is 0 Å². The van der Waals surface area contributed by atoms with Crippen molar-refractivity contribution in [1.29, 1.82) is 0 Å². The fourth-order valence-electron chi connectivity index (χ4n) is 2.86. The molecular formula is C19H20FN3O4. The van der Waals surface area contributed by atoms with Gasteiger partial charge in [-0.05, 0) is 43.2 Å². The van der Waals surface area contributed by atoms with E-state index in [0.29, 0.717) is 30.9 Å². The van der Waals surface area contributed by atoms with Crippen LogP contribution in [0.25, 0.3) is 0 Å². The minimum atomic E-state index is -0.725. The van der Waals surface area contributed by atoms with E-state index in [9.17, 15) is 18.8 Å². The van der Waals surface area contributed by atoms with Crippen LogP contribution in [0.4, 0.5) is 10.1 Å². The first-order chi connectivity index (χ1) is 12.8. The van der Waals surface area contributed by atoms with Crippen LogP contribution in [-0.2, 0) is 16.6 Å². The van der Waals surface area contributed by atoms with Crippen molar-refractivity contribution < 1.29 is 23.5 Å². The number of Topliss-reactive ketones (excluding diaryl/α,β-unsaturated/α-hetero) is 1. The van der Waals surface area contributed by atoms with Crippen molar-refractivity contribution in [2.75, 3.05) is 18.5 Å². The molecule has 0 unspecified atom stereocenters. The van der Waals surface area contributed by atoms with Gasteiger partial charge in [0.1, 0.15) is 11.5 Å². The minimum Gasteiger partial charge on any atom is -0.379 e. The number of carbonyl (C=O) groups is 3. The second-order valence-corrected chi connectivity index (χ2v) is 6.51. The van der Waals surface area contributed by atoms with Gasteiger partial charge < -0.3 is 19.9 Å². The second-order valence-electron chi connectivity index (χ2n) is 6.51. The van der Waals surface area contributed by atoms with Crippen LogP contribution >= 0.6 is 0 Å². The molecule has 0 saturated carbocycles. The first kappa shape index (κ1) is 18.8. The number of aryl methyl sites for hydroxylation is 2. The van der Waals surface area contributed by atoms with Crippen LogP contribution in [0.5, 0.6) is 0 Å². The minimum absolute atomic E-state index is 0.120. The van der Waals surface area contributed by atoms with Crippen molar-refractivity contribution in [2.45, 2.75) is 19.4 Å². The summed E-state index contributed by atoms with van der Waals surface area (Å²) in [4.78, 5) is 36.9. The number of halogens is 1. The highest BCUT2D eigenvalue weighted by Crippen LogP contribution is 2.16. The van der Waals surface area contributed by atoms with Crippen LogP contribution < -0.4 is 10.6 Å². The average molecular weight is 373 g/mol. The Balaban J connectivity index is 1.70. The lowest BCUT2D eigenvalue weighted by molar-refractivity contribution is -0.117. The van der Waals surface area contributed by atoms with E-state index >= 15 is 0 Å². The molecule has 2 N–H and O–H groups in total. The number of ether oxygens (including phenoxy) is 1. The summed E-state index contributed by atoms with van der Waals surface area (Å²) in [7, 11) is 1.60. The molecule has 142 valence electrons. The normalized spacial score (nSPS) is 16.2. The van der Waals surface area contributed by atoms with Crippen LogP contribution in [0, 0.1) is 12.7 Å². The molecule has 1 aromatic heterocycles. The number of benzene rings is 1. The summed E-state index contributed by atoms with van der Waals surface area (Å²) in [5.74, 6) is -2.27. The molecule has 0 radical (unpaired) electrons. The molecule has 2 aromatic rings. The standard InChI is InChI=1S/C19H20FN3O4/c1-11-7-13(3-4-15(11)20)21-18(25)16-8-12(9-23(16)2)17(24)19(26)22-14-5-6-27-10-14/h3-4,7-9,14H,5-6,10H2,1-2H3,(H,21,25)(H,22,26)/t14-/m0/s1. The highest BCUT2D eigenvalue weighted by Gasteiger charge is 2.25. The summed E-state index contributed by atoms with van der Waals surface area (Å²) in [6, 6.07) is 5.42. The van der Waals surface area contributed by atoms with Gasteiger partial charge in [0.05, 0.1) is 12.6 Å². The Labute approximate surface area is 155 Å². The van der Waals surface area contributed by atoms with Gasteiger partial charge in [-0.15, -0.1) is 0 Å².